The Morgan fingerprint density at radius 2 is 1.61 bits per heavy atom. The van der Waals surface area contributed by atoms with E-state index in [2.05, 4.69) is 10.1 Å². The van der Waals surface area contributed by atoms with E-state index in [9.17, 15) is 9.59 Å². The molecule has 0 saturated heterocycles. The number of rotatable bonds is 6. The maximum atomic E-state index is 12.6. The summed E-state index contributed by atoms with van der Waals surface area (Å²) in [6.45, 7) is -0.412. The summed E-state index contributed by atoms with van der Waals surface area (Å²) in [5, 5.41) is 5.38. The molecule has 0 aliphatic carbocycles. The first-order valence-electron chi connectivity index (χ1n) is 9.25. The summed E-state index contributed by atoms with van der Waals surface area (Å²) < 4.78 is 6.65. The Morgan fingerprint density at radius 3 is 2.32 bits per heavy atom. The smallest absolute Gasteiger partial charge is 0.378 e. The second-order valence-electron chi connectivity index (χ2n) is 6.52. The quantitative estimate of drug-likeness (QED) is 0.294. The summed E-state index contributed by atoms with van der Waals surface area (Å²) in [5.41, 5.74) is 1.76. The number of carbonyl (C=O) groups is 2. The van der Waals surface area contributed by atoms with E-state index in [0.717, 1.165) is 0 Å². The topological polar surface area (TPSA) is 74.1 Å². The second kappa shape index (κ2) is 9.12. The highest BCUT2D eigenvalue weighted by molar-refractivity contribution is 6.31. The van der Waals surface area contributed by atoms with E-state index in [-0.39, 0.29) is 11.6 Å². The second-order valence-corrected chi connectivity index (χ2v) is 7.40. The van der Waals surface area contributed by atoms with Gasteiger partial charge in [-0.05, 0) is 36.4 Å². The Hall–Kier alpha value is -3.48. The van der Waals surface area contributed by atoms with Gasteiger partial charge in [-0.2, -0.15) is 0 Å². The van der Waals surface area contributed by atoms with E-state index < -0.39 is 12.6 Å². The van der Waals surface area contributed by atoms with Crippen LogP contribution in [0.2, 0.25) is 10.0 Å². The van der Waals surface area contributed by atoms with Gasteiger partial charge in [-0.1, -0.05) is 65.7 Å². The molecule has 0 fully saturated rings. The molecular formula is C23H15Cl2N3O3. The summed E-state index contributed by atoms with van der Waals surface area (Å²) in [6, 6.07) is 22.5. The Balaban J connectivity index is 1.63. The molecule has 6 nitrogen and oxygen atoms in total. The molecule has 0 radical (unpaired) electrons. The van der Waals surface area contributed by atoms with E-state index in [1.165, 1.54) is 4.68 Å². The van der Waals surface area contributed by atoms with Gasteiger partial charge in [0.25, 0.3) is 5.82 Å². The van der Waals surface area contributed by atoms with Crippen molar-refractivity contribution >= 4 is 35.0 Å². The number of hydrogen-bond acceptors (Lipinski definition) is 5. The first-order valence-corrected chi connectivity index (χ1v) is 10.0. The van der Waals surface area contributed by atoms with E-state index in [0.29, 0.717) is 32.7 Å². The van der Waals surface area contributed by atoms with Crippen LogP contribution in [-0.2, 0) is 4.74 Å². The summed E-state index contributed by atoms with van der Waals surface area (Å²) >= 11 is 12.1. The molecule has 0 N–H and O–H groups in total. The van der Waals surface area contributed by atoms with Crippen molar-refractivity contribution in [1.82, 2.24) is 14.8 Å². The number of hydrogen-bond donors (Lipinski definition) is 0. The largest absolute Gasteiger partial charge is 0.451 e. The molecule has 0 bridgehead atoms. The van der Waals surface area contributed by atoms with Gasteiger partial charge < -0.3 is 4.74 Å². The summed E-state index contributed by atoms with van der Waals surface area (Å²) in [5.74, 6) is -0.904. The number of Topliss-reactive ketones (excluding diaryl/α,β-unsaturated/α-hetero) is 1. The normalized spacial score (nSPS) is 10.6. The number of ketones is 1. The Kier molecular flexibility index (Phi) is 6.11. The van der Waals surface area contributed by atoms with Crippen LogP contribution in [-0.4, -0.2) is 33.1 Å². The lowest BCUT2D eigenvalue weighted by molar-refractivity contribution is 0.0462. The number of aromatic nitrogens is 3. The molecule has 0 saturated carbocycles. The monoisotopic (exact) mass is 451 g/mol. The van der Waals surface area contributed by atoms with Gasteiger partial charge in [-0.15, -0.1) is 5.10 Å². The fourth-order valence-corrected chi connectivity index (χ4v) is 3.19. The van der Waals surface area contributed by atoms with Crippen LogP contribution in [0.25, 0.3) is 17.1 Å². The van der Waals surface area contributed by atoms with Gasteiger partial charge in [0.2, 0.25) is 0 Å². The molecular weight excluding hydrogens is 437 g/mol. The summed E-state index contributed by atoms with van der Waals surface area (Å²) in [7, 11) is 0. The van der Waals surface area contributed by atoms with Gasteiger partial charge in [0, 0.05) is 21.2 Å². The van der Waals surface area contributed by atoms with Crippen molar-refractivity contribution in [3.8, 4) is 17.1 Å². The molecule has 0 spiro atoms. The standard InChI is InChI=1S/C23H15Cl2N3O3/c24-17-9-11-19(12-10-17)28-22(16-7-4-8-18(25)13-16)26-21(27-28)23(30)31-14-20(29)15-5-2-1-3-6-15/h1-13H,14H2. The van der Waals surface area contributed by atoms with Crippen molar-refractivity contribution in [1.29, 1.82) is 0 Å². The SMILES string of the molecule is O=C(COC(=O)c1nc(-c2cccc(Cl)c2)n(-c2ccc(Cl)cc2)n1)c1ccccc1. The zero-order valence-electron chi connectivity index (χ0n) is 16.0. The van der Waals surface area contributed by atoms with Gasteiger partial charge in [0.05, 0.1) is 5.69 Å². The zero-order chi connectivity index (χ0) is 21.8. The van der Waals surface area contributed by atoms with Gasteiger partial charge in [-0.25, -0.2) is 14.5 Å². The Labute approximate surface area is 188 Å². The minimum absolute atomic E-state index is 0.175. The molecule has 3 aromatic carbocycles. The lowest BCUT2D eigenvalue weighted by atomic mass is 10.1. The van der Waals surface area contributed by atoms with Crippen molar-refractivity contribution in [3.63, 3.8) is 0 Å². The highest BCUT2D eigenvalue weighted by Gasteiger charge is 2.21. The van der Waals surface area contributed by atoms with E-state index in [1.807, 2.05) is 0 Å². The van der Waals surface area contributed by atoms with Crippen molar-refractivity contribution in [2.75, 3.05) is 6.61 Å². The average Bonchev–Trinajstić information content (AvgIpc) is 3.24. The zero-order valence-corrected chi connectivity index (χ0v) is 17.5. The van der Waals surface area contributed by atoms with Crippen LogP contribution in [0.4, 0.5) is 0 Å². The number of esters is 1. The number of halogens is 2. The first kappa shape index (κ1) is 20.8. The molecule has 8 heteroatoms. The first-order chi connectivity index (χ1) is 15.0. The molecule has 1 aromatic heterocycles. The van der Waals surface area contributed by atoms with E-state index in [4.69, 9.17) is 27.9 Å². The number of ether oxygens (including phenoxy) is 1. The molecule has 0 amide bonds. The Morgan fingerprint density at radius 1 is 0.871 bits per heavy atom. The highest BCUT2D eigenvalue weighted by atomic mass is 35.5. The van der Waals surface area contributed by atoms with Crippen LogP contribution in [0.15, 0.2) is 78.9 Å². The van der Waals surface area contributed by atoms with Crippen LogP contribution in [0.3, 0.4) is 0 Å². The fourth-order valence-electron chi connectivity index (χ4n) is 2.88. The third kappa shape index (κ3) is 4.82. The third-order valence-electron chi connectivity index (χ3n) is 4.37. The summed E-state index contributed by atoms with van der Waals surface area (Å²) in [6.07, 6.45) is 0. The van der Waals surface area contributed by atoms with Crippen molar-refractivity contribution in [3.05, 3.63) is 100 Å². The van der Waals surface area contributed by atoms with Crippen molar-refractivity contribution in [2.45, 2.75) is 0 Å². The maximum Gasteiger partial charge on any atom is 0.378 e. The number of nitrogens with zero attached hydrogens (tertiary/aromatic N) is 3. The minimum atomic E-state index is -0.805. The lowest BCUT2D eigenvalue weighted by Crippen LogP contribution is -2.15. The average molecular weight is 452 g/mol. The predicted octanol–water partition coefficient (Wildman–Crippen LogP) is 5.28. The molecule has 4 aromatic rings. The van der Waals surface area contributed by atoms with Gasteiger partial charge in [0.15, 0.2) is 18.2 Å². The molecule has 4 rings (SSSR count). The maximum absolute atomic E-state index is 12.6. The number of benzene rings is 3. The number of carbonyl (C=O) groups excluding carboxylic acids is 2. The van der Waals surface area contributed by atoms with Gasteiger partial charge in [-0.3, -0.25) is 4.79 Å². The van der Waals surface area contributed by atoms with Gasteiger partial charge >= 0.3 is 5.97 Å². The predicted molar refractivity (Wildman–Crippen MR) is 118 cm³/mol. The summed E-state index contributed by atoms with van der Waals surface area (Å²) in [4.78, 5) is 29.1. The van der Waals surface area contributed by atoms with E-state index >= 15 is 0 Å². The Bertz CT molecular complexity index is 1240. The molecule has 0 unspecified atom stereocenters. The van der Waals surface area contributed by atoms with Gasteiger partial charge in [0.1, 0.15) is 0 Å². The molecule has 0 aliphatic rings. The van der Waals surface area contributed by atoms with Crippen LogP contribution < -0.4 is 0 Å². The van der Waals surface area contributed by atoms with E-state index in [1.54, 1.807) is 78.9 Å². The van der Waals surface area contributed by atoms with Crippen LogP contribution in [0.1, 0.15) is 21.0 Å². The van der Waals surface area contributed by atoms with Crippen LogP contribution >= 0.6 is 23.2 Å². The van der Waals surface area contributed by atoms with Crippen molar-refractivity contribution < 1.29 is 14.3 Å². The lowest BCUT2D eigenvalue weighted by Gasteiger charge is -2.06. The molecule has 154 valence electrons. The fraction of sp³-hybridized carbons (Fsp3) is 0.0435. The van der Waals surface area contributed by atoms with Crippen molar-refractivity contribution in [2.24, 2.45) is 0 Å². The molecule has 0 atom stereocenters. The van der Waals surface area contributed by atoms with Crippen LogP contribution in [0, 0.1) is 0 Å². The minimum Gasteiger partial charge on any atom is -0.451 e. The molecule has 0 aliphatic heterocycles. The third-order valence-corrected chi connectivity index (χ3v) is 4.86. The molecule has 1 heterocycles. The molecule has 31 heavy (non-hydrogen) atoms. The highest BCUT2D eigenvalue weighted by Crippen LogP contribution is 2.25. The van der Waals surface area contributed by atoms with Crippen LogP contribution in [0.5, 0.6) is 0 Å².